The molecule has 0 aromatic heterocycles. The summed E-state index contributed by atoms with van der Waals surface area (Å²) >= 11 is 0. The fraction of sp³-hybridized carbons (Fsp3) is 0.400. The highest BCUT2D eigenvalue weighted by Crippen LogP contribution is 2.30. The predicted molar refractivity (Wildman–Crippen MR) is 124 cm³/mol. The number of hydrogen-bond acceptors (Lipinski definition) is 4. The van der Waals surface area contributed by atoms with E-state index in [9.17, 15) is 31.9 Å². The number of nitrogens with zero attached hydrogens (tertiary/aromatic N) is 1. The molecule has 194 valence electrons. The van der Waals surface area contributed by atoms with Crippen molar-refractivity contribution in [3.05, 3.63) is 65.0 Å². The van der Waals surface area contributed by atoms with Crippen LogP contribution >= 0.6 is 0 Å². The Morgan fingerprint density at radius 2 is 1.64 bits per heavy atom. The highest BCUT2D eigenvalue weighted by molar-refractivity contribution is 5.98. The molecule has 3 N–H and O–H groups in total. The van der Waals surface area contributed by atoms with E-state index in [2.05, 4.69) is 10.6 Å². The first-order valence-corrected chi connectivity index (χ1v) is 11.4. The Hall–Kier alpha value is -3.63. The Kier molecular flexibility index (Phi) is 8.21. The summed E-state index contributed by atoms with van der Waals surface area (Å²) in [5, 5.41) is 14.7. The predicted octanol–water partition coefficient (Wildman–Crippen LogP) is 4.40. The van der Waals surface area contributed by atoms with Crippen molar-refractivity contribution in [1.29, 1.82) is 0 Å². The zero-order valence-electron chi connectivity index (χ0n) is 19.7. The van der Waals surface area contributed by atoms with Crippen LogP contribution in [0.4, 0.5) is 23.2 Å². The van der Waals surface area contributed by atoms with Crippen LogP contribution in [0.5, 0.6) is 0 Å². The summed E-state index contributed by atoms with van der Waals surface area (Å²) in [4.78, 5) is 38.3. The summed E-state index contributed by atoms with van der Waals surface area (Å²) in [6, 6.07) is 6.88. The standard InChI is InChI=1S/C25H27F4N3O4/c1-14(2)21(31-22(33)19-13-16(25(27,28)29)5-8-20(19)26)23(34)32-11-9-18(10-12-32)30-17-6-3-15(4-7-17)24(35)36/h3-8,13-14,18,21,30H,9-12H2,1-2H3,(H,31,33)(H,35,36). The zero-order chi connectivity index (χ0) is 26.6. The second-order valence-corrected chi connectivity index (χ2v) is 9.01. The van der Waals surface area contributed by atoms with Gasteiger partial charge in [-0.3, -0.25) is 9.59 Å². The molecule has 0 spiro atoms. The molecule has 2 aromatic carbocycles. The van der Waals surface area contributed by atoms with Crippen molar-refractivity contribution in [2.24, 2.45) is 5.92 Å². The first kappa shape index (κ1) is 27.0. The van der Waals surface area contributed by atoms with Gasteiger partial charge in [-0.25, -0.2) is 9.18 Å². The van der Waals surface area contributed by atoms with Gasteiger partial charge in [0.25, 0.3) is 5.91 Å². The number of rotatable bonds is 7. The van der Waals surface area contributed by atoms with Gasteiger partial charge in [0.1, 0.15) is 11.9 Å². The van der Waals surface area contributed by atoms with Crippen LogP contribution in [0.1, 0.15) is 53.0 Å². The van der Waals surface area contributed by atoms with Crippen LogP contribution in [0, 0.1) is 11.7 Å². The van der Waals surface area contributed by atoms with E-state index in [1.54, 1.807) is 30.9 Å². The number of alkyl halides is 3. The molecule has 7 nitrogen and oxygen atoms in total. The lowest BCUT2D eigenvalue weighted by atomic mass is 9.98. The van der Waals surface area contributed by atoms with Crippen LogP contribution in [-0.2, 0) is 11.0 Å². The maximum atomic E-state index is 14.1. The molecule has 36 heavy (non-hydrogen) atoms. The van der Waals surface area contributed by atoms with Crippen molar-refractivity contribution in [2.75, 3.05) is 18.4 Å². The molecule has 1 unspecified atom stereocenters. The number of carbonyl (C=O) groups is 3. The van der Waals surface area contributed by atoms with Gasteiger partial charge in [0.15, 0.2) is 0 Å². The zero-order valence-corrected chi connectivity index (χ0v) is 19.7. The van der Waals surface area contributed by atoms with Crippen LogP contribution in [0.25, 0.3) is 0 Å². The Labute approximate surface area is 205 Å². The van der Waals surface area contributed by atoms with Crippen molar-refractivity contribution in [3.63, 3.8) is 0 Å². The minimum absolute atomic E-state index is 0.0380. The number of benzene rings is 2. The maximum absolute atomic E-state index is 14.1. The third-order valence-corrected chi connectivity index (χ3v) is 6.07. The summed E-state index contributed by atoms with van der Waals surface area (Å²) in [5.74, 6) is -4.00. The second-order valence-electron chi connectivity index (χ2n) is 9.01. The van der Waals surface area contributed by atoms with Crippen LogP contribution in [0.2, 0.25) is 0 Å². The molecule has 1 aliphatic heterocycles. The van der Waals surface area contributed by atoms with E-state index in [4.69, 9.17) is 5.11 Å². The number of aromatic carboxylic acids is 1. The molecule has 2 aromatic rings. The van der Waals surface area contributed by atoms with Gasteiger partial charge >= 0.3 is 12.1 Å². The minimum atomic E-state index is -4.74. The number of anilines is 1. The van der Waals surface area contributed by atoms with Crippen LogP contribution in [0.15, 0.2) is 42.5 Å². The van der Waals surface area contributed by atoms with E-state index < -0.39 is 46.9 Å². The van der Waals surface area contributed by atoms with Crippen LogP contribution in [0.3, 0.4) is 0 Å². The number of amides is 2. The number of carboxylic acids is 1. The quantitative estimate of drug-likeness (QED) is 0.481. The molecule has 1 saturated heterocycles. The fourth-order valence-electron chi connectivity index (χ4n) is 3.99. The maximum Gasteiger partial charge on any atom is 0.416 e. The Morgan fingerprint density at radius 1 is 1.03 bits per heavy atom. The average molecular weight is 510 g/mol. The minimum Gasteiger partial charge on any atom is -0.478 e. The second kappa shape index (κ2) is 11.0. The molecule has 1 heterocycles. The molecule has 0 aliphatic carbocycles. The van der Waals surface area contributed by atoms with Crippen molar-refractivity contribution in [2.45, 2.75) is 44.9 Å². The van der Waals surface area contributed by atoms with E-state index >= 15 is 0 Å². The number of nitrogens with one attached hydrogen (secondary N) is 2. The number of carbonyl (C=O) groups excluding carboxylic acids is 2. The van der Waals surface area contributed by atoms with Gasteiger partial charge in [0, 0.05) is 24.8 Å². The molecule has 2 amide bonds. The molecule has 0 bridgehead atoms. The normalized spacial score (nSPS) is 15.5. The van der Waals surface area contributed by atoms with Crippen molar-refractivity contribution in [1.82, 2.24) is 10.2 Å². The van der Waals surface area contributed by atoms with Crippen molar-refractivity contribution >= 4 is 23.5 Å². The molecular weight excluding hydrogens is 482 g/mol. The third-order valence-electron chi connectivity index (χ3n) is 6.07. The lowest BCUT2D eigenvalue weighted by molar-refractivity contribution is -0.138. The molecule has 3 rings (SSSR count). The Morgan fingerprint density at radius 3 is 2.17 bits per heavy atom. The summed E-state index contributed by atoms with van der Waals surface area (Å²) in [5.41, 5.74) is -1.01. The van der Waals surface area contributed by atoms with Gasteiger partial charge in [-0.05, 0) is 61.2 Å². The molecule has 1 atom stereocenters. The topological polar surface area (TPSA) is 98.7 Å². The molecule has 0 radical (unpaired) electrons. The number of piperidine rings is 1. The highest BCUT2D eigenvalue weighted by Gasteiger charge is 2.34. The van der Waals surface area contributed by atoms with Crippen molar-refractivity contribution < 1.29 is 37.1 Å². The fourth-order valence-corrected chi connectivity index (χ4v) is 3.99. The van der Waals surface area contributed by atoms with Gasteiger partial charge in [-0.1, -0.05) is 13.8 Å². The number of likely N-dealkylation sites (tertiary alicyclic amines) is 1. The average Bonchev–Trinajstić information content (AvgIpc) is 2.82. The van der Waals surface area contributed by atoms with E-state index in [1.165, 1.54) is 12.1 Å². The monoisotopic (exact) mass is 509 g/mol. The van der Waals surface area contributed by atoms with Crippen molar-refractivity contribution in [3.8, 4) is 0 Å². The van der Waals surface area contributed by atoms with E-state index in [0.29, 0.717) is 44.1 Å². The number of halogens is 4. The molecular formula is C25H27F4N3O4. The van der Waals surface area contributed by atoms with Gasteiger partial charge in [0.05, 0.1) is 16.7 Å². The van der Waals surface area contributed by atoms with Gasteiger partial charge < -0.3 is 20.6 Å². The largest absolute Gasteiger partial charge is 0.478 e. The third kappa shape index (κ3) is 6.52. The molecule has 11 heteroatoms. The van der Waals surface area contributed by atoms with E-state index in [-0.39, 0.29) is 17.5 Å². The summed E-state index contributed by atoms with van der Waals surface area (Å²) < 4.78 is 53.1. The van der Waals surface area contributed by atoms with Gasteiger partial charge in [-0.15, -0.1) is 0 Å². The van der Waals surface area contributed by atoms with Crippen LogP contribution in [-0.4, -0.2) is 53.0 Å². The lowest BCUT2D eigenvalue weighted by Crippen LogP contribution is -2.54. The first-order chi connectivity index (χ1) is 16.9. The molecule has 1 fully saturated rings. The van der Waals surface area contributed by atoms with E-state index in [1.807, 2.05) is 0 Å². The van der Waals surface area contributed by atoms with E-state index in [0.717, 1.165) is 5.69 Å². The summed E-state index contributed by atoms with van der Waals surface area (Å²) in [6.45, 7) is 4.11. The van der Waals surface area contributed by atoms with Crippen LogP contribution < -0.4 is 10.6 Å². The molecule has 1 aliphatic rings. The number of hydrogen-bond donors (Lipinski definition) is 3. The Bertz CT molecular complexity index is 1110. The summed E-state index contributed by atoms with van der Waals surface area (Å²) in [7, 11) is 0. The van der Waals surface area contributed by atoms with Gasteiger partial charge in [-0.2, -0.15) is 13.2 Å². The lowest BCUT2D eigenvalue weighted by Gasteiger charge is -2.36. The highest BCUT2D eigenvalue weighted by atomic mass is 19.4. The SMILES string of the molecule is CC(C)C(NC(=O)c1cc(C(F)(F)F)ccc1F)C(=O)N1CCC(Nc2ccc(C(=O)O)cc2)CC1. The Balaban J connectivity index is 1.62. The first-order valence-electron chi connectivity index (χ1n) is 11.4. The smallest absolute Gasteiger partial charge is 0.416 e. The van der Waals surface area contributed by atoms with Gasteiger partial charge in [0.2, 0.25) is 5.91 Å². The number of carboxylic acid groups (broad SMARTS) is 1. The molecule has 0 saturated carbocycles. The summed E-state index contributed by atoms with van der Waals surface area (Å²) in [6.07, 6.45) is -3.56.